The standard InChI is InChI=1S/C40H49N3O6.H2S/c1-3-28-49-36(44)20-8-5-13-25-41-39(47)40(29-14-6-4-7-15-29)24-21-32(31-16-9-11-18-34(31)40)38(46)43-26-22-30(23-27-43)42-37(45)33-17-10-12-19-35(33)48-2;/h4,6-7,9-12,14-19,30,32H,3,5,8,13,20-28H2,1-2H3,(H,41,47)(H,42,45);1H2/t32-,40+;/m0./s1. The summed E-state index contributed by atoms with van der Waals surface area (Å²) in [4.78, 5) is 55.1. The highest BCUT2D eigenvalue weighted by molar-refractivity contribution is 7.59. The van der Waals surface area contributed by atoms with Crippen molar-refractivity contribution in [2.45, 2.75) is 82.1 Å². The van der Waals surface area contributed by atoms with E-state index in [2.05, 4.69) is 10.6 Å². The molecular weight excluding hydrogens is 651 g/mol. The Hall–Kier alpha value is -4.31. The van der Waals surface area contributed by atoms with Gasteiger partial charge in [-0.15, -0.1) is 0 Å². The number of nitrogens with one attached hydrogen (secondary N) is 2. The van der Waals surface area contributed by atoms with Gasteiger partial charge in [-0.05, 0) is 73.8 Å². The molecule has 0 radical (unpaired) electrons. The van der Waals surface area contributed by atoms with Crippen molar-refractivity contribution in [1.29, 1.82) is 0 Å². The number of ether oxygens (including phenoxy) is 2. The van der Waals surface area contributed by atoms with Crippen LogP contribution >= 0.6 is 13.5 Å². The third-order valence-electron chi connectivity index (χ3n) is 9.86. The number of fused-ring (bicyclic) bond motifs is 1. The number of para-hydroxylation sites is 1. The molecule has 5 rings (SSSR count). The minimum Gasteiger partial charge on any atom is -0.496 e. The molecule has 50 heavy (non-hydrogen) atoms. The van der Waals surface area contributed by atoms with E-state index in [0.29, 0.717) is 69.7 Å². The van der Waals surface area contributed by atoms with Gasteiger partial charge in [0.2, 0.25) is 11.8 Å². The minimum absolute atomic E-state index is 0. The average molecular weight is 702 g/mol. The molecule has 1 heterocycles. The molecule has 0 aromatic heterocycles. The van der Waals surface area contributed by atoms with E-state index >= 15 is 0 Å². The predicted octanol–water partition coefficient (Wildman–Crippen LogP) is 6.02. The number of nitrogens with zero attached hydrogens (tertiary/aromatic N) is 1. The lowest BCUT2D eigenvalue weighted by Crippen LogP contribution is -2.51. The summed E-state index contributed by atoms with van der Waals surface area (Å²) in [7, 11) is 1.55. The van der Waals surface area contributed by atoms with Gasteiger partial charge in [-0.25, -0.2) is 0 Å². The van der Waals surface area contributed by atoms with Gasteiger partial charge in [0, 0.05) is 32.1 Å². The number of amides is 3. The third-order valence-corrected chi connectivity index (χ3v) is 9.86. The van der Waals surface area contributed by atoms with Crippen LogP contribution in [0.3, 0.4) is 0 Å². The zero-order valence-electron chi connectivity index (χ0n) is 29.2. The zero-order valence-corrected chi connectivity index (χ0v) is 30.2. The van der Waals surface area contributed by atoms with Gasteiger partial charge in [0.1, 0.15) is 5.75 Å². The van der Waals surface area contributed by atoms with Crippen LogP contribution in [0.4, 0.5) is 0 Å². The number of rotatable bonds is 14. The molecular formula is C40H51N3O6S. The van der Waals surface area contributed by atoms with Crippen LogP contribution in [0, 0.1) is 0 Å². The van der Waals surface area contributed by atoms with Crippen molar-refractivity contribution < 1.29 is 28.7 Å². The molecule has 1 aliphatic carbocycles. The second-order valence-electron chi connectivity index (χ2n) is 13.0. The number of hydrogen-bond donors (Lipinski definition) is 2. The van der Waals surface area contributed by atoms with Gasteiger partial charge in [0.15, 0.2) is 0 Å². The maximum absolute atomic E-state index is 14.3. The van der Waals surface area contributed by atoms with E-state index in [-0.39, 0.29) is 49.1 Å². The summed E-state index contributed by atoms with van der Waals surface area (Å²) in [6.07, 6.45) is 5.87. The first-order valence-corrected chi connectivity index (χ1v) is 17.7. The van der Waals surface area contributed by atoms with Crippen LogP contribution in [0.25, 0.3) is 0 Å². The molecule has 0 bridgehead atoms. The Balaban J connectivity index is 0.00000562. The second-order valence-corrected chi connectivity index (χ2v) is 13.0. The minimum atomic E-state index is -0.922. The van der Waals surface area contributed by atoms with Gasteiger partial charge in [-0.2, -0.15) is 13.5 Å². The second kappa shape index (κ2) is 18.6. The highest BCUT2D eigenvalue weighted by Crippen LogP contribution is 2.48. The molecule has 2 aliphatic rings. The summed E-state index contributed by atoms with van der Waals surface area (Å²) in [5.41, 5.74) is 2.26. The molecule has 0 saturated carbocycles. The summed E-state index contributed by atoms with van der Waals surface area (Å²) < 4.78 is 10.5. The van der Waals surface area contributed by atoms with E-state index in [9.17, 15) is 19.2 Å². The van der Waals surface area contributed by atoms with Crippen LogP contribution in [0.15, 0.2) is 78.9 Å². The van der Waals surface area contributed by atoms with Crippen molar-refractivity contribution >= 4 is 37.2 Å². The van der Waals surface area contributed by atoms with Crippen LogP contribution in [0.5, 0.6) is 5.75 Å². The van der Waals surface area contributed by atoms with Gasteiger partial charge in [0.25, 0.3) is 5.91 Å². The van der Waals surface area contributed by atoms with Crippen LogP contribution < -0.4 is 15.4 Å². The molecule has 10 heteroatoms. The van der Waals surface area contributed by atoms with Gasteiger partial charge in [0.05, 0.1) is 30.6 Å². The summed E-state index contributed by atoms with van der Waals surface area (Å²) in [5.74, 6) is -0.158. The molecule has 2 atom stereocenters. The number of esters is 1. The molecule has 2 N–H and O–H groups in total. The van der Waals surface area contributed by atoms with Crippen LogP contribution in [0.2, 0.25) is 0 Å². The highest BCUT2D eigenvalue weighted by Gasteiger charge is 2.48. The van der Waals surface area contributed by atoms with Crippen molar-refractivity contribution in [3.8, 4) is 5.75 Å². The van der Waals surface area contributed by atoms with Crippen molar-refractivity contribution in [3.05, 3.63) is 101 Å². The van der Waals surface area contributed by atoms with Gasteiger partial charge in [-0.3, -0.25) is 19.2 Å². The predicted molar refractivity (Wildman–Crippen MR) is 199 cm³/mol. The summed E-state index contributed by atoms with van der Waals surface area (Å²) >= 11 is 0. The van der Waals surface area contributed by atoms with E-state index in [1.807, 2.05) is 78.6 Å². The fourth-order valence-corrected chi connectivity index (χ4v) is 7.26. The Morgan fingerprint density at radius 1 is 0.860 bits per heavy atom. The Morgan fingerprint density at radius 2 is 1.56 bits per heavy atom. The number of benzene rings is 3. The Bertz CT molecular complexity index is 1590. The quantitative estimate of drug-likeness (QED) is 0.157. The number of piperidine rings is 1. The zero-order chi connectivity index (χ0) is 34.6. The van der Waals surface area contributed by atoms with Crippen LogP contribution in [0.1, 0.15) is 97.7 Å². The fraction of sp³-hybridized carbons (Fsp3) is 0.450. The molecule has 1 aliphatic heterocycles. The maximum atomic E-state index is 14.3. The topological polar surface area (TPSA) is 114 Å². The Morgan fingerprint density at radius 3 is 2.30 bits per heavy atom. The highest BCUT2D eigenvalue weighted by atomic mass is 32.1. The summed E-state index contributed by atoms with van der Waals surface area (Å²) in [6.45, 7) is 4.03. The summed E-state index contributed by atoms with van der Waals surface area (Å²) in [5, 5.41) is 6.33. The average Bonchev–Trinajstić information content (AvgIpc) is 3.15. The lowest BCUT2D eigenvalue weighted by molar-refractivity contribution is -0.143. The van der Waals surface area contributed by atoms with Gasteiger partial charge in [-0.1, -0.05) is 80.1 Å². The smallest absolute Gasteiger partial charge is 0.305 e. The van der Waals surface area contributed by atoms with Crippen molar-refractivity contribution in [2.24, 2.45) is 0 Å². The number of hydrogen-bond acceptors (Lipinski definition) is 6. The Labute approximate surface area is 302 Å². The van der Waals surface area contributed by atoms with E-state index < -0.39 is 5.41 Å². The first-order valence-electron chi connectivity index (χ1n) is 17.7. The largest absolute Gasteiger partial charge is 0.496 e. The maximum Gasteiger partial charge on any atom is 0.305 e. The van der Waals surface area contributed by atoms with E-state index in [1.54, 1.807) is 19.2 Å². The molecule has 3 aromatic rings. The monoisotopic (exact) mass is 701 g/mol. The number of unbranched alkanes of at least 4 members (excludes halogenated alkanes) is 2. The molecule has 1 saturated heterocycles. The lowest BCUT2D eigenvalue weighted by atomic mass is 9.62. The molecule has 0 spiro atoms. The number of methoxy groups -OCH3 is 1. The van der Waals surface area contributed by atoms with Crippen molar-refractivity contribution in [2.75, 3.05) is 33.4 Å². The fourth-order valence-electron chi connectivity index (χ4n) is 7.26. The van der Waals surface area contributed by atoms with E-state index in [1.165, 1.54) is 0 Å². The van der Waals surface area contributed by atoms with Crippen LogP contribution in [-0.4, -0.2) is 68.0 Å². The number of likely N-dealkylation sites (tertiary alicyclic amines) is 1. The van der Waals surface area contributed by atoms with Crippen LogP contribution in [-0.2, 0) is 24.5 Å². The molecule has 9 nitrogen and oxygen atoms in total. The van der Waals surface area contributed by atoms with E-state index in [0.717, 1.165) is 42.4 Å². The summed E-state index contributed by atoms with van der Waals surface area (Å²) in [6, 6.07) is 24.9. The van der Waals surface area contributed by atoms with Gasteiger partial charge < -0.3 is 25.0 Å². The first kappa shape index (κ1) is 38.5. The lowest BCUT2D eigenvalue weighted by Gasteiger charge is -2.42. The molecule has 3 aromatic carbocycles. The van der Waals surface area contributed by atoms with Gasteiger partial charge >= 0.3 is 5.97 Å². The molecule has 268 valence electrons. The van der Waals surface area contributed by atoms with E-state index in [4.69, 9.17) is 9.47 Å². The van der Waals surface area contributed by atoms with Crippen molar-refractivity contribution in [3.63, 3.8) is 0 Å². The first-order chi connectivity index (χ1) is 23.9. The Kier molecular flexibility index (Phi) is 14.3. The molecule has 0 unspecified atom stereocenters. The SMILES string of the molecule is CCCOC(=O)CCCCCNC(=O)[C@@]1(c2ccccc2)CC[C@H](C(=O)N2CCC(NC(=O)c3ccccc3OC)CC2)c2ccccc21.S. The number of carbonyl (C=O) groups is 4. The van der Waals surface area contributed by atoms with Crippen molar-refractivity contribution in [1.82, 2.24) is 15.5 Å². The normalized spacial score (nSPS) is 18.6. The third kappa shape index (κ3) is 8.88. The molecule has 3 amide bonds. The molecule has 1 fully saturated rings. The number of carbonyl (C=O) groups excluding carboxylic acids is 4.